The van der Waals surface area contributed by atoms with E-state index in [-0.39, 0.29) is 11.5 Å². The molecule has 88 valence electrons. The van der Waals surface area contributed by atoms with Crippen LogP contribution in [0.15, 0.2) is 18.2 Å². The number of hydrogen-bond acceptors (Lipinski definition) is 1. The Kier molecular flexibility index (Phi) is 2.98. The van der Waals surface area contributed by atoms with Gasteiger partial charge in [0.1, 0.15) is 11.6 Å². The van der Waals surface area contributed by atoms with Crippen molar-refractivity contribution in [2.75, 3.05) is 0 Å². The second-order valence-corrected chi connectivity index (χ2v) is 4.70. The predicted octanol–water partition coefficient (Wildman–Crippen LogP) is 3.36. The first-order chi connectivity index (χ1) is 7.54. The quantitative estimate of drug-likeness (QED) is 0.778. The minimum Gasteiger partial charge on any atom is -0.385 e. The van der Waals surface area contributed by atoms with Gasteiger partial charge in [0.25, 0.3) is 0 Å². The van der Waals surface area contributed by atoms with E-state index in [0.29, 0.717) is 6.42 Å². The van der Waals surface area contributed by atoms with Crippen LogP contribution < -0.4 is 0 Å². The zero-order chi connectivity index (χ0) is 11.8. The van der Waals surface area contributed by atoms with Gasteiger partial charge in [-0.2, -0.15) is 0 Å². The van der Waals surface area contributed by atoms with Crippen LogP contribution in [0.3, 0.4) is 0 Å². The summed E-state index contributed by atoms with van der Waals surface area (Å²) in [5.74, 6) is -1.23. The summed E-state index contributed by atoms with van der Waals surface area (Å²) in [6.07, 6.45) is 3.38. The van der Waals surface area contributed by atoms with Crippen LogP contribution in [-0.2, 0) is 5.60 Å². The van der Waals surface area contributed by atoms with Crippen LogP contribution in [0.2, 0.25) is 0 Å². The minimum atomic E-state index is -1.13. The third kappa shape index (κ3) is 1.84. The van der Waals surface area contributed by atoms with Crippen LogP contribution in [0, 0.1) is 17.6 Å². The standard InChI is InChI=1S/C13H16F2O/c1-9-4-2-3-7-13(9,16)11-6-5-10(14)8-12(11)15/h5-6,8-9,16H,2-4,7H2,1H3. The molecule has 1 nitrogen and oxygen atoms in total. The summed E-state index contributed by atoms with van der Waals surface area (Å²) in [7, 11) is 0. The lowest BCUT2D eigenvalue weighted by molar-refractivity contribution is -0.0497. The molecule has 1 N–H and O–H groups in total. The van der Waals surface area contributed by atoms with Crippen LogP contribution >= 0.6 is 0 Å². The summed E-state index contributed by atoms with van der Waals surface area (Å²) in [6, 6.07) is 3.42. The van der Waals surface area contributed by atoms with E-state index in [4.69, 9.17) is 0 Å². The lowest BCUT2D eigenvalue weighted by Gasteiger charge is -2.38. The Bertz CT molecular complexity index is 392. The molecule has 0 bridgehead atoms. The third-order valence-corrected chi connectivity index (χ3v) is 3.66. The first-order valence-corrected chi connectivity index (χ1v) is 5.72. The zero-order valence-corrected chi connectivity index (χ0v) is 9.34. The lowest BCUT2D eigenvalue weighted by Crippen LogP contribution is -2.37. The van der Waals surface area contributed by atoms with E-state index in [1.165, 1.54) is 12.1 Å². The van der Waals surface area contributed by atoms with Gasteiger partial charge >= 0.3 is 0 Å². The van der Waals surface area contributed by atoms with Crippen molar-refractivity contribution in [3.63, 3.8) is 0 Å². The second kappa shape index (κ2) is 4.13. The maximum absolute atomic E-state index is 13.7. The van der Waals surface area contributed by atoms with Crippen molar-refractivity contribution >= 4 is 0 Å². The van der Waals surface area contributed by atoms with Crippen molar-refractivity contribution < 1.29 is 13.9 Å². The molecule has 16 heavy (non-hydrogen) atoms. The van der Waals surface area contributed by atoms with Crippen molar-refractivity contribution in [3.8, 4) is 0 Å². The van der Waals surface area contributed by atoms with Gasteiger partial charge in [-0.05, 0) is 24.8 Å². The Morgan fingerprint density at radius 2 is 2.06 bits per heavy atom. The molecule has 2 atom stereocenters. The fraction of sp³-hybridized carbons (Fsp3) is 0.538. The van der Waals surface area contributed by atoms with Gasteiger partial charge in [-0.1, -0.05) is 25.8 Å². The van der Waals surface area contributed by atoms with E-state index in [2.05, 4.69) is 0 Å². The van der Waals surface area contributed by atoms with E-state index in [1.54, 1.807) is 0 Å². The van der Waals surface area contributed by atoms with E-state index >= 15 is 0 Å². The summed E-state index contributed by atoms with van der Waals surface area (Å²) in [5, 5.41) is 10.5. The van der Waals surface area contributed by atoms with Crippen molar-refractivity contribution in [3.05, 3.63) is 35.4 Å². The lowest BCUT2D eigenvalue weighted by atomic mass is 9.72. The molecule has 1 fully saturated rings. The van der Waals surface area contributed by atoms with Crippen LogP contribution in [0.25, 0.3) is 0 Å². The Morgan fingerprint density at radius 3 is 2.69 bits per heavy atom. The van der Waals surface area contributed by atoms with Crippen molar-refractivity contribution in [1.29, 1.82) is 0 Å². The molecule has 2 unspecified atom stereocenters. The molecule has 1 aromatic rings. The summed E-state index contributed by atoms with van der Waals surface area (Å²) in [5.41, 5.74) is -0.892. The molecular weight excluding hydrogens is 210 g/mol. The van der Waals surface area contributed by atoms with Gasteiger partial charge in [-0.3, -0.25) is 0 Å². The molecule has 1 aliphatic rings. The van der Waals surface area contributed by atoms with Crippen LogP contribution in [0.1, 0.15) is 38.2 Å². The molecule has 0 spiro atoms. The van der Waals surface area contributed by atoms with E-state index < -0.39 is 17.2 Å². The van der Waals surface area contributed by atoms with Gasteiger partial charge in [-0.15, -0.1) is 0 Å². The Hall–Kier alpha value is -0.960. The average molecular weight is 226 g/mol. The maximum atomic E-state index is 13.7. The molecule has 0 aromatic heterocycles. The Morgan fingerprint density at radius 1 is 1.31 bits per heavy atom. The van der Waals surface area contributed by atoms with Gasteiger partial charge in [-0.25, -0.2) is 8.78 Å². The molecule has 1 aliphatic carbocycles. The van der Waals surface area contributed by atoms with Gasteiger partial charge in [0, 0.05) is 11.6 Å². The molecule has 1 aromatic carbocycles. The summed E-state index contributed by atoms with van der Waals surface area (Å²) in [4.78, 5) is 0. The average Bonchev–Trinajstić information content (AvgIpc) is 2.22. The van der Waals surface area contributed by atoms with Gasteiger partial charge in [0.05, 0.1) is 5.60 Å². The number of aliphatic hydroxyl groups is 1. The highest BCUT2D eigenvalue weighted by Crippen LogP contribution is 2.42. The smallest absolute Gasteiger partial charge is 0.132 e. The molecule has 0 radical (unpaired) electrons. The van der Waals surface area contributed by atoms with Crippen molar-refractivity contribution in [2.45, 2.75) is 38.2 Å². The molecule has 0 amide bonds. The molecule has 0 aliphatic heterocycles. The van der Waals surface area contributed by atoms with Gasteiger partial charge in [0.2, 0.25) is 0 Å². The van der Waals surface area contributed by atoms with Crippen molar-refractivity contribution in [2.24, 2.45) is 5.92 Å². The predicted molar refractivity (Wildman–Crippen MR) is 57.9 cm³/mol. The maximum Gasteiger partial charge on any atom is 0.132 e. The summed E-state index contributed by atoms with van der Waals surface area (Å²) < 4.78 is 26.5. The highest BCUT2D eigenvalue weighted by Gasteiger charge is 2.39. The Labute approximate surface area is 94.1 Å². The van der Waals surface area contributed by atoms with E-state index in [9.17, 15) is 13.9 Å². The van der Waals surface area contributed by atoms with E-state index in [1.807, 2.05) is 6.92 Å². The number of hydrogen-bond donors (Lipinski definition) is 1. The third-order valence-electron chi connectivity index (χ3n) is 3.66. The van der Waals surface area contributed by atoms with Gasteiger partial charge in [0.15, 0.2) is 0 Å². The summed E-state index contributed by atoms with van der Waals surface area (Å²) >= 11 is 0. The normalized spacial score (nSPS) is 30.4. The topological polar surface area (TPSA) is 20.2 Å². The van der Waals surface area contributed by atoms with Crippen LogP contribution in [-0.4, -0.2) is 5.11 Å². The number of benzene rings is 1. The highest BCUT2D eigenvalue weighted by molar-refractivity contribution is 5.26. The highest BCUT2D eigenvalue weighted by atomic mass is 19.1. The molecule has 3 heteroatoms. The minimum absolute atomic E-state index is 0.0150. The molecule has 1 saturated carbocycles. The van der Waals surface area contributed by atoms with E-state index in [0.717, 1.165) is 25.3 Å². The van der Waals surface area contributed by atoms with Gasteiger partial charge < -0.3 is 5.11 Å². The molecular formula is C13H16F2O. The second-order valence-electron chi connectivity index (χ2n) is 4.70. The largest absolute Gasteiger partial charge is 0.385 e. The molecule has 0 heterocycles. The fourth-order valence-corrected chi connectivity index (χ4v) is 2.57. The van der Waals surface area contributed by atoms with Crippen LogP contribution in [0.4, 0.5) is 8.78 Å². The first-order valence-electron chi connectivity index (χ1n) is 5.72. The first kappa shape index (κ1) is 11.5. The van der Waals surface area contributed by atoms with Crippen molar-refractivity contribution in [1.82, 2.24) is 0 Å². The fourth-order valence-electron chi connectivity index (χ4n) is 2.57. The Balaban J connectivity index is 2.41. The zero-order valence-electron chi connectivity index (χ0n) is 9.34. The van der Waals surface area contributed by atoms with Crippen LogP contribution in [0.5, 0.6) is 0 Å². The molecule has 2 rings (SSSR count). The monoisotopic (exact) mass is 226 g/mol. The SMILES string of the molecule is CC1CCCCC1(O)c1ccc(F)cc1F. The number of rotatable bonds is 1. The summed E-state index contributed by atoms with van der Waals surface area (Å²) in [6.45, 7) is 1.92. The molecule has 0 saturated heterocycles. The number of halogens is 2.